The van der Waals surface area contributed by atoms with E-state index in [0.29, 0.717) is 13.2 Å². The van der Waals surface area contributed by atoms with Crippen molar-refractivity contribution in [1.82, 2.24) is 0 Å². The minimum atomic E-state index is -0.0144. The molecule has 0 saturated heterocycles. The minimum Gasteiger partial charge on any atom is -0.493 e. The van der Waals surface area contributed by atoms with E-state index in [0.717, 1.165) is 35.5 Å². The van der Waals surface area contributed by atoms with Crippen molar-refractivity contribution in [2.75, 3.05) is 13.2 Å². The summed E-state index contributed by atoms with van der Waals surface area (Å²) in [5.41, 5.74) is 7.54. The zero-order valence-electron chi connectivity index (χ0n) is 26.0. The van der Waals surface area contributed by atoms with Gasteiger partial charge in [0.15, 0.2) is 0 Å². The predicted molar refractivity (Wildman–Crippen MR) is 158 cm³/mol. The Kier molecular flexibility index (Phi) is 9.08. The van der Waals surface area contributed by atoms with Gasteiger partial charge in [-0.25, -0.2) is 0 Å². The second kappa shape index (κ2) is 10.8. The molecule has 0 bridgehead atoms. The van der Waals surface area contributed by atoms with Gasteiger partial charge in [-0.3, -0.25) is 0 Å². The Hall–Kier alpha value is -1.96. The van der Waals surface area contributed by atoms with E-state index in [9.17, 15) is 0 Å². The number of hydrogen-bond donors (Lipinski definition) is 0. The fourth-order valence-electron chi connectivity index (χ4n) is 4.51. The summed E-state index contributed by atoms with van der Waals surface area (Å²) in [5.74, 6) is 2.01. The summed E-state index contributed by atoms with van der Waals surface area (Å²) in [7, 11) is 0. The third-order valence-electron chi connectivity index (χ3n) is 8.00. The molecule has 0 aromatic heterocycles. The Morgan fingerprint density at radius 2 is 0.806 bits per heavy atom. The number of hydrogen-bond acceptors (Lipinski definition) is 2. The molecular weight excluding hydrogens is 440 g/mol. The molecule has 0 saturated carbocycles. The molecule has 2 rings (SSSR count). The molecule has 2 aromatic rings. The average molecular weight is 495 g/mol. The van der Waals surface area contributed by atoms with Crippen molar-refractivity contribution in [2.24, 2.45) is 0 Å². The summed E-state index contributed by atoms with van der Waals surface area (Å²) >= 11 is 0. The Balaban J connectivity index is 3.21. The van der Waals surface area contributed by atoms with E-state index in [1.54, 1.807) is 0 Å². The van der Waals surface area contributed by atoms with Crippen LogP contribution in [0.1, 0.15) is 132 Å². The van der Waals surface area contributed by atoms with Crippen molar-refractivity contribution in [2.45, 2.75) is 131 Å². The first-order chi connectivity index (χ1) is 16.4. The molecule has 0 N–H and O–H groups in total. The summed E-state index contributed by atoms with van der Waals surface area (Å²) in [6.45, 7) is 33.1. The summed E-state index contributed by atoms with van der Waals surface area (Å²) in [4.78, 5) is 0. The maximum absolute atomic E-state index is 6.53. The van der Waals surface area contributed by atoms with Gasteiger partial charge in [-0.05, 0) is 71.6 Å². The van der Waals surface area contributed by atoms with Gasteiger partial charge in [0.25, 0.3) is 0 Å². The molecule has 0 unspecified atom stereocenters. The molecule has 202 valence electrons. The van der Waals surface area contributed by atoms with Crippen LogP contribution in [0.15, 0.2) is 24.3 Å². The van der Waals surface area contributed by atoms with Gasteiger partial charge in [-0.15, -0.1) is 0 Å². The van der Waals surface area contributed by atoms with Gasteiger partial charge in [0.05, 0.1) is 13.2 Å². The maximum Gasteiger partial charge on any atom is 0.130 e. The number of rotatable bonds is 9. The molecule has 0 radical (unpaired) electrons. The SMILES string of the molecule is CCOc1c(-c2cc(C(C)(C)C)cc(C(C)(C)CC)c2OCC)cc(C(C)(C)C)cc1C(C)(C)CC. The number of benzene rings is 2. The minimum absolute atomic E-state index is 0.0109. The molecule has 0 aliphatic carbocycles. The maximum atomic E-state index is 6.53. The molecule has 0 spiro atoms. The van der Waals surface area contributed by atoms with Gasteiger partial charge in [0, 0.05) is 22.3 Å². The van der Waals surface area contributed by atoms with Crippen LogP contribution in [-0.4, -0.2) is 13.2 Å². The highest BCUT2D eigenvalue weighted by molar-refractivity contribution is 5.81. The van der Waals surface area contributed by atoms with Crippen LogP contribution in [-0.2, 0) is 21.7 Å². The zero-order chi connectivity index (χ0) is 27.7. The van der Waals surface area contributed by atoms with Crippen molar-refractivity contribution in [1.29, 1.82) is 0 Å². The molecule has 0 aliphatic heterocycles. The van der Waals surface area contributed by atoms with Crippen molar-refractivity contribution in [3.8, 4) is 22.6 Å². The van der Waals surface area contributed by atoms with Crippen molar-refractivity contribution >= 4 is 0 Å². The van der Waals surface area contributed by atoms with E-state index < -0.39 is 0 Å². The third kappa shape index (κ3) is 6.29. The van der Waals surface area contributed by atoms with E-state index in [-0.39, 0.29) is 21.7 Å². The molecule has 36 heavy (non-hydrogen) atoms. The summed E-state index contributed by atoms with van der Waals surface area (Å²) in [6.07, 6.45) is 2.07. The molecule has 0 heterocycles. The van der Waals surface area contributed by atoms with Crippen LogP contribution >= 0.6 is 0 Å². The summed E-state index contributed by atoms with van der Waals surface area (Å²) in [6, 6.07) is 9.52. The highest BCUT2D eigenvalue weighted by Crippen LogP contribution is 2.50. The van der Waals surface area contributed by atoms with Crippen LogP contribution in [0.25, 0.3) is 11.1 Å². The fraction of sp³-hybridized carbons (Fsp3) is 0.647. The summed E-state index contributed by atoms with van der Waals surface area (Å²) < 4.78 is 13.1. The van der Waals surface area contributed by atoms with Crippen molar-refractivity contribution in [3.63, 3.8) is 0 Å². The highest BCUT2D eigenvalue weighted by atomic mass is 16.5. The fourth-order valence-corrected chi connectivity index (χ4v) is 4.51. The first-order valence-corrected chi connectivity index (χ1v) is 14.1. The van der Waals surface area contributed by atoms with E-state index in [4.69, 9.17) is 9.47 Å². The normalized spacial score (nSPS) is 13.2. The lowest BCUT2D eigenvalue weighted by molar-refractivity contribution is 0.322. The average Bonchev–Trinajstić information content (AvgIpc) is 2.78. The second-order valence-corrected chi connectivity index (χ2v) is 13.6. The van der Waals surface area contributed by atoms with Gasteiger partial charge in [-0.2, -0.15) is 0 Å². The van der Waals surface area contributed by atoms with Crippen LogP contribution < -0.4 is 9.47 Å². The van der Waals surface area contributed by atoms with E-state index in [1.807, 2.05) is 0 Å². The molecular formula is C34H54O2. The van der Waals surface area contributed by atoms with Crippen molar-refractivity contribution < 1.29 is 9.47 Å². The van der Waals surface area contributed by atoms with Gasteiger partial charge in [0.1, 0.15) is 11.5 Å². The standard InChI is InChI=1S/C34H54O2/c1-15-33(11,12)27-21-23(31(5,6)7)19-25(29(27)35-17-3)26-20-24(32(8,9)10)22-28(30(26)36-18-4)34(13,14)16-2/h19-22H,15-18H2,1-14H3. The molecule has 0 fully saturated rings. The van der Waals surface area contributed by atoms with Crippen LogP contribution in [0.5, 0.6) is 11.5 Å². The van der Waals surface area contributed by atoms with Crippen LogP contribution in [0.2, 0.25) is 0 Å². The van der Waals surface area contributed by atoms with E-state index in [2.05, 4.69) is 121 Å². The molecule has 2 aromatic carbocycles. The van der Waals surface area contributed by atoms with Gasteiger partial charge < -0.3 is 9.47 Å². The topological polar surface area (TPSA) is 18.5 Å². The Morgan fingerprint density at radius 1 is 0.500 bits per heavy atom. The predicted octanol–water partition coefficient (Wildman–Crippen LogP) is 10.1. The molecule has 2 heteroatoms. The van der Waals surface area contributed by atoms with Crippen LogP contribution in [0.3, 0.4) is 0 Å². The first kappa shape index (κ1) is 30.3. The molecule has 0 atom stereocenters. The number of ether oxygens (including phenoxy) is 2. The largest absolute Gasteiger partial charge is 0.493 e. The first-order valence-electron chi connectivity index (χ1n) is 14.1. The van der Waals surface area contributed by atoms with Gasteiger partial charge >= 0.3 is 0 Å². The van der Waals surface area contributed by atoms with E-state index in [1.165, 1.54) is 22.3 Å². The van der Waals surface area contributed by atoms with E-state index >= 15 is 0 Å². The third-order valence-corrected chi connectivity index (χ3v) is 8.00. The lowest BCUT2D eigenvalue weighted by atomic mass is 9.73. The quantitative estimate of drug-likeness (QED) is 0.345. The lowest BCUT2D eigenvalue weighted by Crippen LogP contribution is -2.22. The van der Waals surface area contributed by atoms with Gasteiger partial charge in [-0.1, -0.05) is 95.2 Å². The smallest absolute Gasteiger partial charge is 0.130 e. The highest BCUT2D eigenvalue weighted by Gasteiger charge is 2.33. The monoisotopic (exact) mass is 494 g/mol. The molecule has 0 amide bonds. The van der Waals surface area contributed by atoms with Crippen LogP contribution in [0, 0.1) is 0 Å². The van der Waals surface area contributed by atoms with Crippen LogP contribution in [0.4, 0.5) is 0 Å². The Bertz CT molecular complexity index is 957. The summed E-state index contributed by atoms with van der Waals surface area (Å²) in [5, 5.41) is 0. The molecule has 0 aliphatic rings. The lowest BCUT2D eigenvalue weighted by Gasteiger charge is -2.34. The Morgan fingerprint density at radius 3 is 1.03 bits per heavy atom. The second-order valence-electron chi connectivity index (χ2n) is 13.6. The zero-order valence-corrected chi connectivity index (χ0v) is 26.0. The van der Waals surface area contributed by atoms with Gasteiger partial charge in [0.2, 0.25) is 0 Å². The van der Waals surface area contributed by atoms with Crippen molar-refractivity contribution in [3.05, 3.63) is 46.5 Å². The molecule has 2 nitrogen and oxygen atoms in total. The Labute approximate surface area is 223 Å².